The minimum atomic E-state index is 0.773. The summed E-state index contributed by atoms with van der Waals surface area (Å²) in [6, 6.07) is 0. The summed E-state index contributed by atoms with van der Waals surface area (Å²) in [5, 5.41) is 11.1. The lowest BCUT2D eigenvalue weighted by Crippen LogP contribution is -2.01. The Morgan fingerprint density at radius 2 is 2.18 bits per heavy atom. The Morgan fingerprint density at radius 1 is 1.35 bits per heavy atom. The quantitative estimate of drug-likeness (QED) is 0.887. The summed E-state index contributed by atoms with van der Waals surface area (Å²) < 4.78 is 1.85. The highest BCUT2D eigenvalue weighted by Crippen LogP contribution is 2.16. The van der Waals surface area contributed by atoms with Crippen molar-refractivity contribution in [2.75, 3.05) is 5.32 Å². The van der Waals surface area contributed by atoms with E-state index in [1.54, 1.807) is 11.3 Å². The van der Waals surface area contributed by atoms with Gasteiger partial charge in [-0.2, -0.15) is 5.10 Å². The molecule has 0 aliphatic heterocycles. The van der Waals surface area contributed by atoms with Crippen molar-refractivity contribution >= 4 is 17.0 Å². The molecule has 2 rings (SSSR count). The molecule has 4 nitrogen and oxygen atoms in total. The molecule has 0 bridgehead atoms. The van der Waals surface area contributed by atoms with E-state index in [2.05, 4.69) is 34.6 Å². The van der Waals surface area contributed by atoms with Crippen molar-refractivity contribution in [1.29, 1.82) is 0 Å². The fourth-order valence-electron chi connectivity index (χ4n) is 1.72. The van der Waals surface area contributed by atoms with Crippen LogP contribution in [0.3, 0.4) is 0 Å². The number of nitrogens with one attached hydrogen (secondary N) is 1. The minimum Gasteiger partial charge on any atom is -0.377 e. The van der Waals surface area contributed by atoms with E-state index in [9.17, 15) is 0 Å². The Hall–Kier alpha value is -1.36. The van der Waals surface area contributed by atoms with E-state index in [1.807, 2.05) is 17.9 Å². The molecular weight excluding hydrogens is 232 g/mol. The summed E-state index contributed by atoms with van der Waals surface area (Å²) in [6.45, 7) is 5.02. The van der Waals surface area contributed by atoms with Gasteiger partial charge < -0.3 is 5.32 Å². The molecule has 2 aromatic rings. The second-order valence-electron chi connectivity index (χ2n) is 3.96. The topological polar surface area (TPSA) is 42.7 Å². The van der Waals surface area contributed by atoms with Crippen molar-refractivity contribution in [3.05, 3.63) is 28.0 Å². The van der Waals surface area contributed by atoms with Crippen LogP contribution in [0.4, 0.5) is 5.69 Å². The summed E-state index contributed by atoms with van der Waals surface area (Å²) >= 11 is 1.73. The van der Waals surface area contributed by atoms with Crippen molar-refractivity contribution in [3.8, 4) is 0 Å². The van der Waals surface area contributed by atoms with Gasteiger partial charge in [0.25, 0.3) is 0 Å². The van der Waals surface area contributed by atoms with Gasteiger partial charge in [-0.25, -0.2) is 4.98 Å². The first-order valence-electron chi connectivity index (χ1n) is 5.92. The van der Waals surface area contributed by atoms with Crippen LogP contribution in [0.15, 0.2) is 11.6 Å². The molecule has 2 heterocycles. The van der Waals surface area contributed by atoms with E-state index in [-0.39, 0.29) is 0 Å². The number of thiazole rings is 1. The lowest BCUT2D eigenvalue weighted by atomic mass is 10.3. The normalized spacial score (nSPS) is 10.8. The van der Waals surface area contributed by atoms with Gasteiger partial charge in [0, 0.05) is 18.6 Å². The highest BCUT2D eigenvalue weighted by molar-refractivity contribution is 7.09. The van der Waals surface area contributed by atoms with Crippen LogP contribution in [-0.4, -0.2) is 14.8 Å². The summed E-state index contributed by atoms with van der Waals surface area (Å²) in [7, 11) is 1.95. The predicted octanol–water partition coefficient (Wildman–Crippen LogP) is 2.61. The monoisotopic (exact) mass is 250 g/mol. The van der Waals surface area contributed by atoms with Gasteiger partial charge in [-0.15, -0.1) is 11.3 Å². The molecule has 0 aliphatic carbocycles. The number of aromatic nitrogens is 3. The largest absolute Gasteiger partial charge is 0.377 e. The second kappa shape index (κ2) is 5.31. The zero-order valence-electron chi connectivity index (χ0n) is 10.5. The second-order valence-corrected chi connectivity index (χ2v) is 4.90. The van der Waals surface area contributed by atoms with Crippen LogP contribution in [-0.2, 0) is 26.4 Å². The van der Waals surface area contributed by atoms with Crippen LogP contribution >= 0.6 is 11.3 Å². The minimum absolute atomic E-state index is 0.773. The van der Waals surface area contributed by atoms with Crippen molar-refractivity contribution in [1.82, 2.24) is 14.8 Å². The van der Waals surface area contributed by atoms with Gasteiger partial charge >= 0.3 is 0 Å². The smallest absolute Gasteiger partial charge is 0.0926 e. The highest BCUT2D eigenvalue weighted by Gasteiger charge is 2.06. The molecule has 0 aromatic carbocycles. The average Bonchev–Trinajstić information content (AvgIpc) is 2.92. The van der Waals surface area contributed by atoms with Crippen molar-refractivity contribution in [3.63, 3.8) is 0 Å². The maximum absolute atomic E-state index is 4.53. The molecule has 0 radical (unpaired) electrons. The molecule has 0 spiro atoms. The third-order valence-electron chi connectivity index (χ3n) is 2.60. The molecule has 5 heteroatoms. The molecule has 0 fully saturated rings. The van der Waals surface area contributed by atoms with Gasteiger partial charge in [0.15, 0.2) is 0 Å². The maximum Gasteiger partial charge on any atom is 0.0926 e. The van der Waals surface area contributed by atoms with E-state index >= 15 is 0 Å². The SMILES string of the molecule is CCc1nc(CNc2cn(C)nc2CC)cs1. The zero-order valence-corrected chi connectivity index (χ0v) is 11.3. The van der Waals surface area contributed by atoms with Crippen molar-refractivity contribution in [2.45, 2.75) is 33.2 Å². The summed E-state index contributed by atoms with van der Waals surface area (Å²) in [5.41, 5.74) is 3.33. The van der Waals surface area contributed by atoms with Gasteiger partial charge in [0.05, 0.1) is 28.6 Å². The maximum atomic E-state index is 4.53. The van der Waals surface area contributed by atoms with Crippen LogP contribution in [0.1, 0.15) is 30.2 Å². The highest BCUT2D eigenvalue weighted by atomic mass is 32.1. The molecule has 0 aliphatic rings. The molecule has 0 saturated carbocycles. The van der Waals surface area contributed by atoms with E-state index < -0.39 is 0 Å². The Labute approximate surface area is 106 Å². The van der Waals surface area contributed by atoms with E-state index in [1.165, 1.54) is 5.01 Å². The average molecular weight is 250 g/mol. The van der Waals surface area contributed by atoms with Crippen LogP contribution in [0.25, 0.3) is 0 Å². The van der Waals surface area contributed by atoms with E-state index in [4.69, 9.17) is 0 Å². The van der Waals surface area contributed by atoms with Crippen molar-refractivity contribution in [2.24, 2.45) is 7.05 Å². The number of nitrogens with zero attached hydrogens (tertiary/aromatic N) is 3. The van der Waals surface area contributed by atoms with Crippen LogP contribution < -0.4 is 5.32 Å². The van der Waals surface area contributed by atoms with Crippen LogP contribution in [0, 0.1) is 0 Å². The first-order valence-corrected chi connectivity index (χ1v) is 6.80. The number of hydrogen-bond donors (Lipinski definition) is 1. The van der Waals surface area contributed by atoms with Crippen LogP contribution in [0.5, 0.6) is 0 Å². The molecule has 0 saturated heterocycles. The summed E-state index contributed by atoms with van der Waals surface area (Å²) in [5.74, 6) is 0. The molecule has 0 unspecified atom stereocenters. The lowest BCUT2D eigenvalue weighted by Gasteiger charge is -2.02. The molecular formula is C12H18N4S. The lowest BCUT2D eigenvalue weighted by molar-refractivity contribution is 0.746. The Bertz CT molecular complexity index is 486. The first kappa shape index (κ1) is 12.1. The Kier molecular flexibility index (Phi) is 3.78. The van der Waals surface area contributed by atoms with Crippen LogP contribution in [0.2, 0.25) is 0 Å². The number of hydrogen-bond acceptors (Lipinski definition) is 4. The van der Waals surface area contributed by atoms with Gasteiger partial charge in [-0.1, -0.05) is 13.8 Å². The summed E-state index contributed by atoms with van der Waals surface area (Å²) in [4.78, 5) is 4.53. The van der Waals surface area contributed by atoms with E-state index in [0.29, 0.717) is 0 Å². The molecule has 0 atom stereocenters. The third kappa shape index (κ3) is 2.85. The van der Waals surface area contributed by atoms with E-state index in [0.717, 1.165) is 36.5 Å². The third-order valence-corrected chi connectivity index (χ3v) is 3.64. The molecule has 92 valence electrons. The molecule has 2 aromatic heterocycles. The molecule has 1 N–H and O–H groups in total. The van der Waals surface area contributed by atoms with Gasteiger partial charge in [-0.05, 0) is 12.8 Å². The Balaban J connectivity index is 2.01. The summed E-state index contributed by atoms with van der Waals surface area (Å²) in [6.07, 6.45) is 3.98. The fraction of sp³-hybridized carbons (Fsp3) is 0.500. The number of rotatable bonds is 5. The van der Waals surface area contributed by atoms with Gasteiger partial charge in [-0.3, -0.25) is 4.68 Å². The fourth-order valence-corrected chi connectivity index (χ4v) is 2.47. The van der Waals surface area contributed by atoms with Gasteiger partial charge in [0.1, 0.15) is 0 Å². The number of aryl methyl sites for hydroxylation is 3. The number of anilines is 1. The van der Waals surface area contributed by atoms with Crippen molar-refractivity contribution < 1.29 is 0 Å². The Morgan fingerprint density at radius 3 is 2.82 bits per heavy atom. The molecule has 17 heavy (non-hydrogen) atoms. The predicted molar refractivity (Wildman–Crippen MR) is 71.4 cm³/mol. The first-order chi connectivity index (χ1) is 8.22. The standard InChI is InChI=1S/C12H18N4S/c1-4-10-11(7-16(3)15-10)13-6-9-8-17-12(5-2)14-9/h7-8,13H,4-6H2,1-3H3. The van der Waals surface area contributed by atoms with Gasteiger partial charge in [0.2, 0.25) is 0 Å². The molecule has 0 amide bonds. The zero-order chi connectivity index (χ0) is 12.3.